The van der Waals surface area contributed by atoms with Crippen molar-refractivity contribution in [3.63, 3.8) is 0 Å². The summed E-state index contributed by atoms with van der Waals surface area (Å²) in [5.74, 6) is -0.319. The maximum Gasteiger partial charge on any atom is 0.312 e. The normalized spacial score (nSPS) is 11.4. The quantitative estimate of drug-likeness (QED) is 0.544. The summed E-state index contributed by atoms with van der Waals surface area (Å²) in [6.07, 6.45) is 2.29. The van der Waals surface area contributed by atoms with E-state index in [2.05, 4.69) is 32.1 Å². The highest BCUT2D eigenvalue weighted by molar-refractivity contribution is 9.10. The second-order valence-corrected chi connectivity index (χ2v) is 6.19. The van der Waals surface area contributed by atoms with Crippen LogP contribution in [0.5, 0.6) is 0 Å². The van der Waals surface area contributed by atoms with E-state index in [4.69, 9.17) is 5.73 Å². The lowest BCUT2D eigenvalue weighted by Crippen LogP contribution is -2.53. The van der Waals surface area contributed by atoms with E-state index in [0.29, 0.717) is 17.7 Å². The van der Waals surface area contributed by atoms with Crippen molar-refractivity contribution in [1.82, 2.24) is 16.2 Å². The Balaban J connectivity index is 2.55. The summed E-state index contributed by atoms with van der Waals surface area (Å²) in [5.41, 5.74) is 10.0. The number of halogens is 1. The highest BCUT2D eigenvalue weighted by atomic mass is 79.9. The third kappa shape index (κ3) is 6.35. The summed E-state index contributed by atoms with van der Waals surface area (Å²) in [5, 5.41) is 2.34. The minimum atomic E-state index is -0.796. The predicted molar refractivity (Wildman–Crippen MR) is 89.3 cm³/mol. The van der Waals surface area contributed by atoms with Crippen LogP contribution in [0, 0.1) is 0 Å². The van der Waals surface area contributed by atoms with Crippen molar-refractivity contribution < 1.29 is 14.4 Å². The molecule has 0 aliphatic rings. The number of rotatable bonds is 6. The number of carbonyl (C=O) groups is 3. The molecule has 0 unspecified atom stereocenters. The van der Waals surface area contributed by atoms with Gasteiger partial charge in [0.2, 0.25) is 0 Å². The zero-order chi connectivity index (χ0) is 16.5. The number of primary amides is 1. The second kappa shape index (κ2) is 9.31. The number of amides is 4. The number of hydrogen-bond acceptors (Lipinski definition) is 4. The van der Waals surface area contributed by atoms with E-state index in [1.54, 1.807) is 24.3 Å². The van der Waals surface area contributed by atoms with Crippen molar-refractivity contribution in [1.29, 1.82) is 0 Å². The average Bonchev–Trinajstić information content (AvgIpc) is 2.49. The van der Waals surface area contributed by atoms with Gasteiger partial charge in [-0.1, -0.05) is 15.9 Å². The van der Waals surface area contributed by atoms with Crippen LogP contribution < -0.4 is 21.9 Å². The summed E-state index contributed by atoms with van der Waals surface area (Å²) in [6, 6.07) is 5.06. The van der Waals surface area contributed by atoms with Gasteiger partial charge in [-0.2, -0.15) is 11.8 Å². The molecule has 1 rings (SSSR count). The molecule has 0 fully saturated rings. The molecule has 0 spiro atoms. The van der Waals surface area contributed by atoms with Crippen LogP contribution in [0.25, 0.3) is 0 Å². The van der Waals surface area contributed by atoms with Crippen molar-refractivity contribution >= 4 is 45.5 Å². The molecule has 0 heterocycles. The first-order valence-electron chi connectivity index (χ1n) is 6.34. The Morgan fingerprint density at radius 2 is 1.86 bits per heavy atom. The Kier molecular flexibility index (Phi) is 7.75. The van der Waals surface area contributed by atoms with Crippen LogP contribution in [0.1, 0.15) is 16.8 Å². The first-order valence-corrected chi connectivity index (χ1v) is 8.53. The van der Waals surface area contributed by atoms with E-state index in [0.717, 1.165) is 4.47 Å². The van der Waals surface area contributed by atoms with E-state index < -0.39 is 23.9 Å². The lowest BCUT2D eigenvalue weighted by molar-refractivity contribution is -0.123. The molecule has 1 atom stereocenters. The summed E-state index contributed by atoms with van der Waals surface area (Å²) in [4.78, 5) is 34.7. The van der Waals surface area contributed by atoms with E-state index >= 15 is 0 Å². The van der Waals surface area contributed by atoms with Gasteiger partial charge in [0, 0.05) is 10.0 Å². The standard InChI is InChI=1S/C13H17BrN4O3S/c1-22-7-6-10(16-13(15)21)12(20)18-17-11(19)8-2-4-9(14)5-3-8/h2-5,10H,6-7H2,1H3,(H,17,19)(H,18,20)(H3,15,16,21)/t10-/m0/s1. The molecule has 5 N–H and O–H groups in total. The van der Waals surface area contributed by atoms with Gasteiger partial charge in [0.25, 0.3) is 11.8 Å². The molecule has 9 heteroatoms. The Labute approximate surface area is 140 Å². The van der Waals surface area contributed by atoms with E-state index in [1.165, 1.54) is 11.8 Å². The maximum absolute atomic E-state index is 12.0. The van der Waals surface area contributed by atoms with Gasteiger partial charge in [-0.25, -0.2) is 4.79 Å². The van der Waals surface area contributed by atoms with Gasteiger partial charge in [-0.05, 0) is 42.7 Å². The van der Waals surface area contributed by atoms with Crippen molar-refractivity contribution in [3.05, 3.63) is 34.3 Å². The number of nitrogens with one attached hydrogen (secondary N) is 3. The fourth-order valence-corrected chi connectivity index (χ4v) is 2.29. The minimum Gasteiger partial charge on any atom is -0.352 e. The smallest absolute Gasteiger partial charge is 0.312 e. The summed E-state index contributed by atoms with van der Waals surface area (Å²) >= 11 is 4.80. The molecule has 4 amide bonds. The lowest BCUT2D eigenvalue weighted by Gasteiger charge is -2.17. The number of hydrogen-bond donors (Lipinski definition) is 4. The lowest BCUT2D eigenvalue weighted by atomic mass is 10.2. The molecule has 1 aromatic carbocycles. The van der Waals surface area contributed by atoms with Crippen molar-refractivity contribution in [2.45, 2.75) is 12.5 Å². The van der Waals surface area contributed by atoms with Gasteiger partial charge >= 0.3 is 6.03 Å². The fraction of sp³-hybridized carbons (Fsp3) is 0.308. The third-order valence-electron chi connectivity index (χ3n) is 2.65. The monoisotopic (exact) mass is 388 g/mol. The summed E-state index contributed by atoms with van der Waals surface area (Å²) in [6.45, 7) is 0. The number of hydrazine groups is 1. The number of benzene rings is 1. The molecule has 22 heavy (non-hydrogen) atoms. The minimum absolute atomic E-state index is 0.395. The number of thioether (sulfide) groups is 1. The van der Waals surface area contributed by atoms with Gasteiger partial charge in [0.15, 0.2) is 0 Å². The highest BCUT2D eigenvalue weighted by Crippen LogP contribution is 2.10. The van der Waals surface area contributed by atoms with Crippen LogP contribution in [0.3, 0.4) is 0 Å². The second-order valence-electron chi connectivity index (χ2n) is 4.29. The molecule has 120 valence electrons. The van der Waals surface area contributed by atoms with Crippen LogP contribution in [-0.4, -0.2) is 35.9 Å². The Bertz CT molecular complexity index is 539. The predicted octanol–water partition coefficient (Wildman–Crippen LogP) is 1.00. The number of carbonyl (C=O) groups excluding carboxylic acids is 3. The highest BCUT2D eigenvalue weighted by Gasteiger charge is 2.19. The average molecular weight is 389 g/mol. The van der Waals surface area contributed by atoms with Gasteiger partial charge in [-0.15, -0.1) is 0 Å². The van der Waals surface area contributed by atoms with E-state index in [9.17, 15) is 14.4 Å². The number of urea groups is 1. The van der Waals surface area contributed by atoms with Crippen LogP contribution in [-0.2, 0) is 4.79 Å². The van der Waals surface area contributed by atoms with Crippen LogP contribution >= 0.6 is 27.7 Å². The maximum atomic E-state index is 12.0. The molecule has 0 saturated heterocycles. The summed E-state index contributed by atoms with van der Waals surface area (Å²) < 4.78 is 0.843. The third-order valence-corrected chi connectivity index (χ3v) is 3.82. The molecule has 1 aromatic rings. The molecule has 0 radical (unpaired) electrons. The van der Waals surface area contributed by atoms with Crippen molar-refractivity contribution in [3.8, 4) is 0 Å². The topological polar surface area (TPSA) is 113 Å². The summed E-state index contributed by atoms with van der Waals surface area (Å²) in [7, 11) is 0. The van der Waals surface area contributed by atoms with Gasteiger partial charge in [0.05, 0.1) is 0 Å². The first kappa shape index (κ1) is 18.3. The van der Waals surface area contributed by atoms with Crippen LogP contribution in [0.2, 0.25) is 0 Å². The Morgan fingerprint density at radius 1 is 1.23 bits per heavy atom. The first-order chi connectivity index (χ1) is 10.4. The van der Waals surface area contributed by atoms with Gasteiger partial charge in [-0.3, -0.25) is 20.4 Å². The molecule has 0 aromatic heterocycles. The van der Waals surface area contributed by atoms with Gasteiger partial charge < -0.3 is 11.1 Å². The SMILES string of the molecule is CSCC[C@H](NC(N)=O)C(=O)NNC(=O)c1ccc(Br)cc1. The number of nitrogens with two attached hydrogens (primary N) is 1. The van der Waals surface area contributed by atoms with Crippen LogP contribution in [0.4, 0.5) is 4.79 Å². The van der Waals surface area contributed by atoms with E-state index in [1.807, 2.05) is 6.26 Å². The van der Waals surface area contributed by atoms with Gasteiger partial charge in [0.1, 0.15) is 6.04 Å². The van der Waals surface area contributed by atoms with Crippen molar-refractivity contribution in [2.75, 3.05) is 12.0 Å². The largest absolute Gasteiger partial charge is 0.352 e. The molecule has 0 saturated carbocycles. The van der Waals surface area contributed by atoms with Crippen molar-refractivity contribution in [2.24, 2.45) is 5.73 Å². The molecule has 7 nitrogen and oxygen atoms in total. The molecule has 0 aliphatic carbocycles. The van der Waals surface area contributed by atoms with Crippen LogP contribution in [0.15, 0.2) is 28.7 Å². The molecular formula is C13H17BrN4O3S. The zero-order valence-electron chi connectivity index (χ0n) is 11.9. The Morgan fingerprint density at radius 3 is 2.41 bits per heavy atom. The fourth-order valence-electron chi connectivity index (χ4n) is 1.56. The zero-order valence-corrected chi connectivity index (χ0v) is 14.3. The molecule has 0 bridgehead atoms. The Hall–Kier alpha value is -1.74. The molecule has 0 aliphatic heterocycles. The molecular weight excluding hydrogens is 372 g/mol. The van der Waals surface area contributed by atoms with E-state index in [-0.39, 0.29) is 0 Å².